The molecule has 0 bridgehead atoms. The first-order valence-corrected chi connectivity index (χ1v) is 12.1. The summed E-state index contributed by atoms with van der Waals surface area (Å²) in [7, 11) is 0. The summed E-state index contributed by atoms with van der Waals surface area (Å²) in [6, 6.07) is 7.57. The molecule has 0 spiro atoms. The highest BCUT2D eigenvalue weighted by molar-refractivity contribution is 5.92. The number of hydrazone groups is 1. The molecule has 12 nitrogen and oxygen atoms in total. The zero-order valence-corrected chi connectivity index (χ0v) is 21.4. The van der Waals surface area contributed by atoms with Gasteiger partial charge in [0.2, 0.25) is 11.8 Å². The predicted molar refractivity (Wildman–Crippen MR) is 138 cm³/mol. The van der Waals surface area contributed by atoms with Crippen molar-refractivity contribution < 1.29 is 29.0 Å². The maximum atomic E-state index is 13.2. The van der Waals surface area contributed by atoms with Crippen molar-refractivity contribution >= 4 is 42.6 Å². The van der Waals surface area contributed by atoms with Crippen LogP contribution in [0.2, 0.25) is 0 Å². The van der Waals surface area contributed by atoms with Gasteiger partial charge in [-0.2, -0.15) is 5.10 Å². The normalized spacial score (nSPS) is 17.8. The molecule has 204 valence electrons. The van der Waals surface area contributed by atoms with E-state index in [1.165, 1.54) is 4.90 Å². The van der Waals surface area contributed by atoms with Gasteiger partial charge in [-0.05, 0) is 37.2 Å². The molecule has 1 aromatic rings. The number of carboxylic acid groups (broad SMARTS) is 1. The third-order valence-electron chi connectivity index (χ3n) is 6.14. The summed E-state index contributed by atoms with van der Waals surface area (Å²) in [5, 5.41) is 18.1. The number of likely N-dealkylation sites (tertiary alicyclic amines) is 1. The number of piperidine rings is 1. The van der Waals surface area contributed by atoms with Gasteiger partial charge in [-0.1, -0.05) is 30.3 Å². The lowest BCUT2D eigenvalue weighted by Gasteiger charge is -2.31. The van der Waals surface area contributed by atoms with E-state index in [0.717, 1.165) is 24.9 Å². The third-order valence-corrected chi connectivity index (χ3v) is 6.14. The van der Waals surface area contributed by atoms with Gasteiger partial charge in [0.05, 0.1) is 6.42 Å². The summed E-state index contributed by atoms with van der Waals surface area (Å²) in [6.07, 6.45) is 3.61. The molecular formula is C24H35ClN6O6. The molecule has 3 rings (SSSR count). The number of alkyl carbamates (subject to hydrolysis) is 1. The topological polar surface area (TPSA) is 167 Å². The quantitative estimate of drug-likeness (QED) is 0.132. The number of carboxylic acids is 1. The van der Waals surface area contributed by atoms with E-state index in [4.69, 9.17) is 10.6 Å². The van der Waals surface area contributed by atoms with Gasteiger partial charge in [0.25, 0.3) is 0 Å². The predicted octanol–water partition coefficient (Wildman–Crippen LogP) is 0.899. The fourth-order valence-electron chi connectivity index (χ4n) is 4.20. The summed E-state index contributed by atoms with van der Waals surface area (Å²) < 4.78 is 5.22. The van der Waals surface area contributed by atoms with Gasteiger partial charge in [0.15, 0.2) is 0 Å². The van der Waals surface area contributed by atoms with Gasteiger partial charge in [-0.3, -0.25) is 14.4 Å². The largest absolute Gasteiger partial charge is 0.480 e. The molecule has 3 amide bonds. The molecular weight excluding hydrogens is 504 g/mol. The SMILES string of the molecule is Cl.NN=CN1CCC[C@@H](CNC(=O)C[C@H](NC(=O)OCc2ccccc2)C(=O)N(CC(=O)O)C2CC2)C1. The van der Waals surface area contributed by atoms with Crippen molar-refractivity contribution in [3.63, 3.8) is 0 Å². The van der Waals surface area contributed by atoms with Crippen LogP contribution in [0.25, 0.3) is 0 Å². The van der Waals surface area contributed by atoms with Crippen molar-refractivity contribution in [3.05, 3.63) is 35.9 Å². The summed E-state index contributed by atoms with van der Waals surface area (Å²) in [4.78, 5) is 52.9. The number of amides is 3. The first-order valence-electron chi connectivity index (χ1n) is 12.1. The smallest absolute Gasteiger partial charge is 0.408 e. The van der Waals surface area contributed by atoms with Crippen LogP contribution in [-0.2, 0) is 25.7 Å². The van der Waals surface area contributed by atoms with Crippen LogP contribution in [0.15, 0.2) is 35.4 Å². The fourth-order valence-corrected chi connectivity index (χ4v) is 4.20. The van der Waals surface area contributed by atoms with Crippen LogP contribution in [-0.4, -0.2) is 83.4 Å². The number of aliphatic carboxylic acids is 1. The zero-order chi connectivity index (χ0) is 25.9. The summed E-state index contributed by atoms with van der Waals surface area (Å²) in [5.74, 6) is 3.21. The number of nitrogens with one attached hydrogen (secondary N) is 2. The van der Waals surface area contributed by atoms with Crippen LogP contribution >= 0.6 is 12.4 Å². The van der Waals surface area contributed by atoms with Crippen LogP contribution in [0.1, 0.15) is 37.7 Å². The number of nitrogens with zero attached hydrogens (tertiary/aromatic N) is 3. The lowest BCUT2D eigenvalue weighted by atomic mass is 9.98. The van der Waals surface area contributed by atoms with E-state index >= 15 is 0 Å². The minimum absolute atomic E-state index is 0. The number of benzene rings is 1. The summed E-state index contributed by atoms with van der Waals surface area (Å²) in [5.41, 5.74) is 0.764. The number of rotatable bonds is 12. The Hall–Kier alpha value is -3.54. The molecule has 5 N–H and O–H groups in total. The van der Waals surface area contributed by atoms with Crippen LogP contribution < -0.4 is 16.5 Å². The Morgan fingerprint density at radius 3 is 2.59 bits per heavy atom. The zero-order valence-electron chi connectivity index (χ0n) is 20.6. The number of hydrogen-bond donors (Lipinski definition) is 4. The highest BCUT2D eigenvalue weighted by Crippen LogP contribution is 2.27. The molecule has 1 aliphatic carbocycles. The minimum Gasteiger partial charge on any atom is -0.480 e. The van der Waals surface area contributed by atoms with E-state index in [9.17, 15) is 24.3 Å². The highest BCUT2D eigenvalue weighted by Gasteiger charge is 2.38. The van der Waals surface area contributed by atoms with Gasteiger partial charge in [-0.15, -0.1) is 12.4 Å². The lowest BCUT2D eigenvalue weighted by molar-refractivity contribution is -0.146. The third kappa shape index (κ3) is 10.2. The Morgan fingerprint density at radius 2 is 1.95 bits per heavy atom. The van der Waals surface area contributed by atoms with Crippen molar-refractivity contribution in [3.8, 4) is 0 Å². The van der Waals surface area contributed by atoms with Crippen LogP contribution in [0.3, 0.4) is 0 Å². The second-order valence-corrected chi connectivity index (χ2v) is 9.13. The van der Waals surface area contributed by atoms with Gasteiger partial charge in [0.1, 0.15) is 25.5 Å². The maximum absolute atomic E-state index is 13.2. The van der Waals surface area contributed by atoms with Crippen LogP contribution in [0.5, 0.6) is 0 Å². The molecule has 0 unspecified atom stereocenters. The Labute approximate surface area is 222 Å². The van der Waals surface area contributed by atoms with E-state index in [1.807, 2.05) is 11.0 Å². The lowest BCUT2D eigenvalue weighted by Crippen LogP contribution is -2.52. The van der Waals surface area contributed by atoms with Gasteiger partial charge in [-0.25, -0.2) is 4.79 Å². The highest BCUT2D eigenvalue weighted by atomic mass is 35.5. The first kappa shape index (κ1) is 29.7. The molecule has 13 heteroatoms. The Bertz CT molecular complexity index is 945. The van der Waals surface area contributed by atoms with E-state index in [-0.39, 0.29) is 37.4 Å². The second kappa shape index (κ2) is 14.9. The van der Waals surface area contributed by atoms with Crippen molar-refractivity contribution in [2.75, 3.05) is 26.2 Å². The Kier molecular flexibility index (Phi) is 11.9. The van der Waals surface area contributed by atoms with Crippen LogP contribution in [0, 0.1) is 5.92 Å². The van der Waals surface area contributed by atoms with Gasteiger partial charge in [0, 0.05) is 25.7 Å². The van der Waals surface area contributed by atoms with Crippen molar-refractivity contribution in [2.24, 2.45) is 16.9 Å². The molecule has 2 atom stereocenters. The Balaban J connectivity index is 0.00000481. The van der Waals surface area contributed by atoms with E-state index in [2.05, 4.69) is 15.7 Å². The maximum Gasteiger partial charge on any atom is 0.408 e. The fraction of sp³-hybridized carbons (Fsp3) is 0.542. The average Bonchev–Trinajstić information content (AvgIpc) is 3.70. The monoisotopic (exact) mass is 538 g/mol. The van der Waals surface area contributed by atoms with E-state index in [1.54, 1.807) is 30.6 Å². The number of halogens is 1. The molecule has 0 radical (unpaired) electrons. The standard InChI is InChI=1S/C24H34N6O6.ClH/c25-27-16-29-10-4-7-18(13-29)12-26-21(31)11-20(23(34)30(14-22(32)33)19-8-9-19)28-24(35)36-15-17-5-2-1-3-6-17;/h1-3,5-6,16,18-20H,4,7-15,25H2,(H,26,31)(H,28,35)(H,32,33);1H/t18-,20-;/m0./s1. The molecule has 0 aromatic heterocycles. The van der Waals surface area contributed by atoms with E-state index < -0.39 is 36.5 Å². The van der Waals surface area contributed by atoms with E-state index in [0.29, 0.717) is 25.9 Å². The average molecular weight is 539 g/mol. The van der Waals surface area contributed by atoms with Crippen LogP contribution in [0.4, 0.5) is 4.79 Å². The molecule has 1 saturated carbocycles. The molecule has 1 aliphatic heterocycles. The Morgan fingerprint density at radius 1 is 1.22 bits per heavy atom. The second-order valence-electron chi connectivity index (χ2n) is 9.13. The molecule has 2 fully saturated rings. The molecule has 2 aliphatic rings. The number of hydrogen-bond acceptors (Lipinski definition) is 7. The van der Waals surface area contributed by atoms with Crippen molar-refractivity contribution in [2.45, 2.75) is 50.8 Å². The van der Waals surface area contributed by atoms with Gasteiger partial charge < -0.3 is 36.1 Å². The van der Waals surface area contributed by atoms with Crippen molar-refractivity contribution in [1.29, 1.82) is 0 Å². The molecule has 1 aromatic carbocycles. The number of nitrogens with two attached hydrogens (primary N) is 1. The van der Waals surface area contributed by atoms with Crippen molar-refractivity contribution in [1.82, 2.24) is 20.4 Å². The van der Waals surface area contributed by atoms with Gasteiger partial charge >= 0.3 is 12.1 Å². The minimum atomic E-state index is -1.25. The molecule has 1 heterocycles. The summed E-state index contributed by atoms with van der Waals surface area (Å²) >= 11 is 0. The number of carbonyl (C=O) groups is 4. The number of ether oxygens (including phenoxy) is 1. The molecule has 37 heavy (non-hydrogen) atoms. The number of carbonyl (C=O) groups excluding carboxylic acids is 3. The summed E-state index contributed by atoms with van der Waals surface area (Å²) in [6.45, 7) is 1.43. The molecule has 1 saturated heterocycles. The first-order chi connectivity index (χ1) is 17.4.